The molecule has 0 atom stereocenters. The van der Waals surface area contributed by atoms with Gasteiger partial charge in [0.2, 0.25) is 5.89 Å². The summed E-state index contributed by atoms with van der Waals surface area (Å²) < 4.78 is 5.62. The second-order valence-electron chi connectivity index (χ2n) is 5.42. The molecule has 21 heavy (non-hydrogen) atoms. The Hall–Kier alpha value is -2.21. The number of aryl methyl sites for hydroxylation is 1. The van der Waals surface area contributed by atoms with Gasteiger partial charge in [0.25, 0.3) is 5.69 Å². The maximum Gasteiger partial charge on any atom is 0.280 e. The minimum atomic E-state index is -0.409. The number of benzene rings is 1. The van der Waals surface area contributed by atoms with Gasteiger partial charge in [0.15, 0.2) is 5.76 Å². The summed E-state index contributed by atoms with van der Waals surface area (Å²) in [4.78, 5) is 14.9. The van der Waals surface area contributed by atoms with Gasteiger partial charge in [-0.05, 0) is 31.0 Å². The fourth-order valence-electron chi connectivity index (χ4n) is 1.99. The van der Waals surface area contributed by atoms with Crippen molar-refractivity contribution < 1.29 is 9.34 Å². The van der Waals surface area contributed by atoms with Gasteiger partial charge in [-0.25, -0.2) is 4.98 Å². The van der Waals surface area contributed by atoms with Gasteiger partial charge in [-0.1, -0.05) is 19.9 Å². The molecule has 2 rings (SSSR count). The van der Waals surface area contributed by atoms with Crippen molar-refractivity contribution >= 4 is 5.69 Å². The lowest BCUT2D eigenvalue weighted by Gasteiger charge is -2.04. The summed E-state index contributed by atoms with van der Waals surface area (Å²) in [5.41, 5.74) is 1.42. The highest BCUT2D eigenvalue weighted by molar-refractivity contribution is 5.69. The Morgan fingerprint density at radius 1 is 1.43 bits per heavy atom. The van der Waals surface area contributed by atoms with Crippen molar-refractivity contribution in [1.82, 2.24) is 10.3 Å². The second kappa shape index (κ2) is 6.49. The summed E-state index contributed by atoms with van der Waals surface area (Å²) in [6.45, 7) is 7.49. The minimum absolute atomic E-state index is 0.0263. The van der Waals surface area contributed by atoms with Crippen molar-refractivity contribution in [2.75, 3.05) is 6.54 Å². The van der Waals surface area contributed by atoms with Crippen molar-refractivity contribution in [3.05, 3.63) is 46.0 Å². The number of oxazole rings is 1. The maximum absolute atomic E-state index is 11.1. The summed E-state index contributed by atoms with van der Waals surface area (Å²) in [5, 5.41) is 14.3. The van der Waals surface area contributed by atoms with Crippen LogP contribution in [0.1, 0.15) is 25.3 Å². The van der Waals surface area contributed by atoms with Crippen LogP contribution in [0.3, 0.4) is 0 Å². The quantitative estimate of drug-likeness (QED) is 0.651. The van der Waals surface area contributed by atoms with Gasteiger partial charge in [0.1, 0.15) is 0 Å². The lowest BCUT2D eigenvalue weighted by molar-refractivity contribution is -0.384. The van der Waals surface area contributed by atoms with Crippen LogP contribution >= 0.6 is 0 Å². The minimum Gasteiger partial charge on any atom is -0.439 e. The first kappa shape index (κ1) is 15.2. The molecular weight excluding hydrogens is 270 g/mol. The second-order valence-corrected chi connectivity index (χ2v) is 5.42. The van der Waals surface area contributed by atoms with Crippen LogP contribution < -0.4 is 5.32 Å². The van der Waals surface area contributed by atoms with Crippen LogP contribution in [0.25, 0.3) is 11.3 Å². The topological polar surface area (TPSA) is 81.2 Å². The molecule has 0 radical (unpaired) electrons. The van der Waals surface area contributed by atoms with E-state index in [4.69, 9.17) is 4.42 Å². The molecule has 0 bridgehead atoms. The first-order valence-corrected chi connectivity index (χ1v) is 6.88. The van der Waals surface area contributed by atoms with E-state index in [0.717, 1.165) is 12.1 Å². The van der Waals surface area contributed by atoms with Gasteiger partial charge in [-0.2, -0.15) is 0 Å². The number of rotatable bonds is 6. The predicted octanol–water partition coefficient (Wildman–Crippen LogP) is 3.30. The van der Waals surface area contributed by atoms with Crippen LogP contribution in [-0.2, 0) is 6.54 Å². The molecule has 2 aromatic rings. The van der Waals surface area contributed by atoms with Crippen LogP contribution in [0.15, 0.2) is 28.8 Å². The molecule has 0 aliphatic rings. The molecule has 1 aromatic carbocycles. The van der Waals surface area contributed by atoms with E-state index < -0.39 is 4.92 Å². The van der Waals surface area contributed by atoms with E-state index in [9.17, 15) is 10.1 Å². The molecule has 6 heteroatoms. The molecule has 0 saturated heterocycles. The summed E-state index contributed by atoms with van der Waals surface area (Å²) in [7, 11) is 0. The molecule has 0 saturated carbocycles. The van der Waals surface area contributed by atoms with E-state index in [1.54, 1.807) is 12.1 Å². The van der Waals surface area contributed by atoms with Crippen molar-refractivity contribution in [2.24, 2.45) is 5.92 Å². The molecule has 0 unspecified atom stereocenters. The van der Waals surface area contributed by atoms with Crippen LogP contribution in [0.5, 0.6) is 0 Å². The highest BCUT2D eigenvalue weighted by Crippen LogP contribution is 2.31. The average Bonchev–Trinajstić information content (AvgIpc) is 2.86. The zero-order valence-corrected chi connectivity index (χ0v) is 12.4. The highest BCUT2D eigenvalue weighted by atomic mass is 16.6. The summed E-state index contributed by atoms with van der Waals surface area (Å²) in [6.07, 6.45) is 1.54. The Kier molecular flexibility index (Phi) is 4.70. The standard InChI is InChI=1S/C15H19N3O3/c1-10(2)7-16-9-15-17-8-14(21-15)12-6-11(3)4-5-13(12)18(19)20/h4-6,8,10,16H,7,9H2,1-3H3. The number of nitro benzene ring substituents is 1. The lowest BCUT2D eigenvalue weighted by Crippen LogP contribution is -2.18. The smallest absolute Gasteiger partial charge is 0.280 e. The van der Waals surface area contributed by atoms with E-state index in [1.165, 1.54) is 12.3 Å². The van der Waals surface area contributed by atoms with Gasteiger partial charge >= 0.3 is 0 Å². The van der Waals surface area contributed by atoms with E-state index in [1.807, 2.05) is 6.92 Å². The summed E-state index contributed by atoms with van der Waals surface area (Å²) in [5.74, 6) is 1.49. The zero-order valence-electron chi connectivity index (χ0n) is 12.4. The Morgan fingerprint density at radius 2 is 2.19 bits per heavy atom. The van der Waals surface area contributed by atoms with Crippen LogP contribution in [0.2, 0.25) is 0 Å². The number of nitrogens with one attached hydrogen (secondary N) is 1. The predicted molar refractivity (Wildman–Crippen MR) is 79.9 cm³/mol. The van der Waals surface area contributed by atoms with Crippen molar-refractivity contribution in [2.45, 2.75) is 27.3 Å². The molecule has 1 heterocycles. The number of nitrogens with zero attached hydrogens (tertiary/aromatic N) is 2. The Morgan fingerprint density at radius 3 is 2.86 bits per heavy atom. The molecule has 1 N–H and O–H groups in total. The van der Waals surface area contributed by atoms with Crippen LogP contribution in [0, 0.1) is 23.0 Å². The lowest BCUT2D eigenvalue weighted by atomic mass is 10.1. The molecular formula is C15H19N3O3. The van der Waals surface area contributed by atoms with Gasteiger partial charge in [0.05, 0.1) is 23.2 Å². The Balaban J connectivity index is 2.21. The molecule has 0 fully saturated rings. The third-order valence-electron chi connectivity index (χ3n) is 3.00. The molecule has 0 amide bonds. The monoisotopic (exact) mass is 289 g/mol. The number of aromatic nitrogens is 1. The van der Waals surface area contributed by atoms with Crippen LogP contribution in [0.4, 0.5) is 5.69 Å². The third kappa shape index (κ3) is 3.88. The van der Waals surface area contributed by atoms with Gasteiger partial charge in [-0.3, -0.25) is 10.1 Å². The maximum atomic E-state index is 11.1. The van der Waals surface area contributed by atoms with Crippen molar-refractivity contribution in [3.63, 3.8) is 0 Å². The van der Waals surface area contributed by atoms with Gasteiger partial charge < -0.3 is 9.73 Å². The molecule has 0 spiro atoms. The summed E-state index contributed by atoms with van der Waals surface area (Å²) in [6, 6.07) is 4.94. The van der Waals surface area contributed by atoms with E-state index in [0.29, 0.717) is 29.7 Å². The first-order chi connectivity index (χ1) is 9.97. The number of hydrogen-bond acceptors (Lipinski definition) is 5. The number of nitro groups is 1. The van der Waals surface area contributed by atoms with Gasteiger partial charge in [0, 0.05) is 6.07 Å². The number of hydrogen-bond donors (Lipinski definition) is 1. The Bertz CT molecular complexity index is 635. The third-order valence-corrected chi connectivity index (χ3v) is 3.00. The Labute approximate surface area is 123 Å². The van der Waals surface area contributed by atoms with Crippen molar-refractivity contribution in [3.8, 4) is 11.3 Å². The molecule has 0 aliphatic carbocycles. The van der Waals surface area contributed by atoms with E-state index in [2.05, 4.69) is 24.1 Å². The zero-order chi connectivity index (χ0) is 15.4. The normalized spacial score (nSPS) is 11.0. The van der Waals surface area contributed by atoms with Gasteiger partial charge in [-0.15, -0.1) is 0 Å². The van der Waals surface area contributed by atoms with E-state index in [-0.39, 0.29) is 5.69 Å². The van der Waals surface area contributed by atoms with Crippen LogP contribution in [-0.4, -0.2) is 16.5 Å². The average molecular weight is 289 g/mol. The first-order valence-electron chi connectivity index (χ1n) is 6.88. The molecule has 112 valence electrons. The fraction of sp³-hybridized carbons (Fsp3) is 0.400. The molecule has 1 aromatic heterocycles. The largest absolute Gasteiger partial charge is 0.439 e. The fourth-order valence-corrected chi connectivity index (χ4v) is 1.99. The highest BCUT2D eigenvalue weighted by Gasteiger charge is 2.18. The SMILES string of the molecule is Cc1ccc([N+](=O)[O-])c(-c2cnc(CNCC(C)C)o2)c1. The van der Waals surface area contributed by atoms with E-state index >= 15 is 0 Å². The molecule has 6 nitrogen and oxygen atoms in total. The van der Waals surface area contributed by atoms with Crippen molar-refractivity contribution in [1.29, 1.82) is 0 Å². The molecule has 0 aliphatic heterocycles. The summed E-state index contributed by atoms with van der Waals surface area (Å²) >= 11 is 0.